The van der Waals surface area contributed by atoms with Crippen molar-refractivity contribution in [3.8, 4) is 0 Å². The fraction of sp³-hybridized carbons (Fsp3) is 0.400. The summed E-state index contributed by atoms with van der Waals surface area (Å²) in [6.45, 7) is 2.30. The summed E-state index contributed by atoms with van der Waals surface area (Å²) in [5.41, 5.74) is 8.06. The molecule has 1 aliphatic rings. The molecule has 0 radical (unpaired) electrons. The van der Waals surface area contributed by atoms with Crippen molar-refractivity contribution >= 4 is 35.5 Å². The monoisotopic (exact) mass is 417 g/mol. The summed E-state index contributed by atoms with van der Waals surface area (Å²) in [4.78, 5) is 47.1. The first kappa shape index (κ1) is 22.9. The third kappa shape index (κ3) is 6.05. The van der Waals surface area contributed by atoms with Gasteiger partial charge in [-0.3, -0.25) is 14.4 Å². The first-order chi connectivity index (χ1) is 14.2. The van der Waals surface area contributed by atoms with Gasteiger partial charge in [-0.05, 0) is 24.6 Å². The maximum atomic E-state index is 13.0. The molecule has 1 aromatic rings. The molecule has 162 valence electrons. The van der Waals surface area contributed by atoms with Crippen LogP contribution in [0.5, 0.6) is 0 Å². The molecule has 2 rings (SSSR count). The van der Waals surface area contributed by atoms with E-state index in [2.05, 4.69) is 10.3 Å². The van der Waals surface area contributed by atoms with E-state index in [0.29, 0.717) is 35.4 Å². The molecule has 0 spiro atoms. The Morgan fingerprint density at radius 1 is 1.27 bits per heavy atom. The van der Waals surface area contributed by atoms with Crippen LogP contribution in [0.2, 0.25) is 0 Å². The first-order valence-corrected chi connectivity index (χ1v) is 9.53. The van der Waals surface area contributed by atoms with Crippen molar-refractivity contribution in [2.24, 2.45) is 10.7 Å². The number of carbonyl (C=O) groups excluding carboxylic acids is 2. The quantitative estimate of drug-likeness (QED) is 0.434. The zero-order valence-electron chi connectivity index (χ0n) is 17.3. The number of nitrogens with one attached hydrogen (secondary N) is 1. The molecule has 0 unspecified atom stereocenters. The highest BCUT2D eigenvalue weighted by atomic mass is 16.7. The third-order valence-corrected chi connectivity index (χ3v) is 4.20. The van der Waals surface area contributed by atoms with Gasteiger partial charge in [0.25, 0.3) is 11.8 Å². The van der Waals surface area contributed by atoms with Gasteiger partial charge in [0.05, 0.1) is 12.3 Å². The molecule has 1 heterocycles. The molecule has 30 heavy (non-hydrogen) atoms. The number of carboxylic acid groups (broad SMARTS) is 1. The number of aliphatic imine (C=N–C) groups is 1. The Kier molecular flexibility index (Phi) is 7.93. The maximum absolute atomic E-state index is 13.0. The molecule has 10 heteroatoms. The normalized spacial score (nSPS) is 12.8. The average Bonchev–Trinajstić information content (AvgIpc) is 2.86. The second kappa shape index (κ2) is 10.4. The van der Waals surface area contributed by atoms with E-state index in [-0.39, 0.29) is 37.2 Å². The Morgan fingerprint density at radius 3 is 2.63 bits per heavy atom. The van der Waals surface area contributed by atoms with Gasteiger partial charge in [-0.1, -0.05) is 13.0 Å². The molecule has 1 aliphatic heterocycles. The van der Waals surface area contributed by atoms with Crippen molar-refractivity contribution in [2.75, 3.05) is 33.8 Å². The Hall–Kier alpha value is -3.40. The number of amides is 3. The number of benzene rings is 1. The van der Waals surface area contributed by atoms with Crippen molar-refractivity contribution in [1.29, 1.82) is 0 Å². The Labute approximate surface area is 174 Å². The van der Waals surface area contributed by atoms with Crippen molar-refractivity contribution in [2.45, 2.75) is 19.8 Å². The Balaban J connectivity index is 2.25. The summed E-state index contributed by atoms with van der Waals surface area (Å²) in [5.74, 6) is -0.285. The minimum Gasteiger partial charge on any atom is -0.465 e. The van der Waals surface area contributed by atoms with Gasteiger partial charge < -0.3 is 21.1 Å². The number of hydrogen-bond donors (Lipinski definition) is 3. The summed E-state index contributed by atoms with van der Waals surface area (Å²) in [5, 5.41) is 12.0. The first-order valence-electron chi connectivity index (χ1n) is 9.53. The number of fused-ring (bicyclic) bond motifs is 1. The topological polar surface area (TPSA) is 138 Å². The van der Waals surface area contributed by atoms with Crippen LogP contribution in [0.3, 0.4) is 0 Å². The lowest BCUT2D eigenvalue weighted by Gasteiger charge is -2.22. The van der Waals surface area contributed by atoms with Crippen LogP contribution in [0.1, 0.15) is 35.7 Å². The van der Waals surface area contributed by atoms with Gasteiger partial charge >= 0.3 is 6.09 Å². The lowest BCUT2D eigenvalue weighted by Crippen LogP contribution is -2.36. The van der Waals surface area contributed by atoms with Gasteiger partial charge in [-0.2, -0.15) is 0 Å². The summed E-state index contributed by atoms with van der Waals surface area (Å²) in [6.07, 6.45) is 1.31. The van der Waals surface area contributed by atoms with Gasteiger partial charge in [0.1, 0.15) is 5.84 Å². The zero-order chi connectivity index (χ0) is 22.3. The van der Waals surface area contributed by atoms with E-state index in [1.54, 1.807) is 38.4 Å². The van der Waals surface area contributed by atoms with Crippen molar-refractivity contribution in [1.82, 2.24) is 15.3 Å². The van der Waals surface area contributed by atoms with E-state index < -0.39 is 6.09 Å². The predicted molar refractivity (Wildman–Crippen MR) is 112 cm³/mol. The van der Waals surface area contributed by atoms with Crippen LogP contribution in [0.4, 0.5) is 10.5 Å². The Morgan fingerprint density at radius 2 is 2.00 bits per heavy atom. The maximum Gasteiger partial charge on any atom is 0.404 e. The van der Waals surface area contributed by atoms with E-state index in [9.17, 15) is 14.4 Å². The highest BCUT2D eigenvalue weighted by Gasteiger charge is 2.22. The molecule has 3 amide bonds. The molecular formula is C20H27N5O5. The molecule has 10 nitrogen and oxygen atoms in total. The smallest absolute Gasteiger partial charge is 0.404 e. The van der Waals surface area contributed by atoms with Crippen LogP contribution in [-0.4, -0.2) is 72.6 Å². The highest BCUT2D eigenvalue weighted by molar-refractivity contribution is 6.05. The lowest BCUT2D eigenvalue weighted by molar-refractivity contribution is -0.181. The second-order valence-corrected chi connectivity index (χ2v) is 6.90. The minimum atomic E-state index is -1.16. The van der Waals surface area contributed by atoms with Gasteiger partial charge in [-0.15, -0.1) is 0 Å². The van der Waals surface area contributed by atoms with Gasteiger partial charge in [-0.25, -0.2) is 14.9 Å². The zero-order valence-corrected chi connectivity index (χ0v) is 17.3. The number of hydrogen-bond acceptors (Lipinski definition) is 6. The van der Waals surface area contributed by atoms with E-state index >= 15 is 0 Å². The highest BCUT2D eigenvalue weighted by Crippen LogP contribution is 2.28. The fourth-order valence-electron chi connectivity index (χ4n) is 2.82. The van der Waals surface area contributed by atoms with Crippen LogP contribution in [0, 0.1) is 0 Å². The third-order valence-electron chi connectivity index (χ3n) is 4.20. The molecule has 4 N–H and O–H groups in total. The lowest BCUT2D eigenvalue weighted by atomic mass is 10.0. The number of amidine groups is 1. The summed E-state index contributed by atoms with van der Waals surface area (Å²) < 4.78 is 0. The standard InChI is InChI=1S/C20H27N5O5/c1-4-8-25(30-9-7-22-20(28)29)19(27)15-10-13-5-6-14(18(26)24(2)3)11-16(13)23-17(21)12-15/h5-6,10-11,22H,4,7-9,12H2,1-3H3,(H2,21,23)(H,28,29). The van der Waals surface area contributed by atoms with E-state index in [1.807, 2.05) is 6.92 Å². The van der Waals surface area contributed by atoms with Crippen LogP contribution < -0.4 is 11.1 Å². The van der Waals surface area contributed by atoms with Crippen molar-refractivity contribution in [3.05, 3.63) is 34.9 Å². The largest absolute Gasteiger partial charge is 0.465 e. The second-order valence-electron chi connectivity index (χ2n) is 6.90. The molecule has 0 saturated heterocycles. The molecule has 0 aromatic heterocycles. The van der Waals surface area contributed by atoms with Gasteiger partial charge in [0, 0.05) is 50.3 Å². The summed E-state index contributed by atoms with van der Waals surface area (Å²) in [6, 6.07) is 5.05. The molecule has 0 fully saturated rings. The molecule has 0 aliphatic carbocycles. The molecule has 0 saturated carbocycles. The number of nitrogens with zero attached hydrogens (tertiary/aromatic N) is 3. The van der Waals surface area contributed by atoms with E-state index in [0.717, 1.165) is 0 Å². The van der Waals surface area contributed by atoms with Crippen molar-refractivity contribution in [3.63, 3.8) is 0 Å². The predicted octanol–water partition coefficient (Wildman–Crippen LogP) is 1.60. The van der Waals surface area contributed by atoms with Gasteiger partial charge in [0.15, 0.2) is 0 Å². The number of rotatable bonds is 8. The minimum absolute atomic E-state index is 0.0154. The van der Waals surface area contributed by atoms with Crippen LogP contribution >= 0.6 is 0 Å². The SMILES string of the molecule is CCCN(OCCNC(=O)O)C(=O)C1=Cc2ccc(C(=O)N(C)C)cc2N=C(N)C1. The molecule has 0 bridgehead atoms. The van der Waals surface area contributed by atoms with E-state index in [1.165, 1.54) is 9.96 Å². The van der Waals surface area contributed by atoms with Crippen LogP contribution in [-0.2, 0) is 9.63 Å². The van der Waals surface area contributed by atoms with E-state index in [4.69, 9.17) is 15.7 Å². The van der Waals surface area contributed by atoms with Crippen LogP contribution in [0.25, 0.3) is 6.08 Å². The van der Waals surface area contributed by atoms with Gasteiger partial charge in [0.2, 0.25) is 0 Å². The average molecular weight is 417 g/mol. The summed E-state index contributed by atoms with van der Waals surface area (Å²) >= 11 is 0. The Bertz CT molecular complexity index is 878. The van der Waals surface area contributed by atoms with Crippen molar-refractivity contribution < 1.29 is 24.3 Å². The number of nitrogens with two attached hydrogens (primary N) is 1. The number of hydroxylamine groups is 2. The van der Waals surface area contributed by atoms with Crippen LogP contribution in [0.15, 0.2) is 28.8 Å². The fourth-order valence-corrected chi connectivity index (χ4v) is 2.82. The molecule has 1 aromatic carbocycles. The molecule has 0 atom stereocenters. The molecular weight excluding hydrogens is 390 g/mol. The number of carbonyl (C=O) groups is 3. The summed E-state index contributed by atoms with van der Waals surface area (Å²) in [7, 11) is 3.33.